The number of ether oxygens (including phenoxy) is 1. The molecular formula is C12H20N2O3S. The molecule has 102 valence electrons. The van der Waals surface area contributed by atoms with Crippen LogP contribution in [0.1, 0.15) is 6.42 Å². The second kappa shape index (κ2) is 8.07. The van der Waals surface area contributed by atoms with Crippen LogP contribution in [0, 0.1) is 0 Å². The largest absolute Gasteiger partial charge is 0.494 e. The summed E-state index contributed by atoms with van der Waals surface area (Å²) in [6.07, 6.45) is 0.647. The molecule has 1 rings (SSSR count). The lowest BCUT2D eigenvalue weighted by Gasteiger charge is -2.07. The first-order valence-electron chi connectivity index (χ1n) is 5.94. The molecule has 0 aliphatic rings. The van der Waals surface area contributed by atoms with Gasteiger partial charge in [-0.2, -0.15) is 0 Å². The van der Waals surface area contributed by atoms with Crippen LogP contribution in [0.4, 0.5) is 0 Å². The third-order valence-corrected chi connectivity index (χ3v) is 3.66. The summed E-state index contributed by atoms with van der Waals surface area (Å²) in [5.74, 6) is 0.902. The van der Waals surface area contributed by atoms with Gasteiger partial charge in [0.15, 0.2) is 0 Å². The van der Waals surface area contributed by atoms with Crippen molar-refractivity contribution in [3.63, 3.8) is 0 Å². The quantitative estimate of drug-likeness (QED) is 0.646. The van der Waals surface area contributed by atoms with Crippen LogP contribution < -0.4 is 14.8 Å². The second-order valence-corrected chi connectivity index (χ2v) is 5.76. The normalized spacial score (nSPS) is 11.4. The van der Waals surface area contributed by atoms with E-state index in [1.54, 1.807) is 7.05 Å². The molecule has 2 N–H and O–H groups in total. The minimum absolute atomic E-state index is 0.100. The molecule has 0 bridgehead atoms. The van der Waals surface area contributed by atoms with Crippen molar-refractivity contribution in [3.05, 3.63) is 30.3 Å². The van der Waals surface area contributed by atoms with E-state index >= 15 is 0 Å². The molecule has 0 saturated carbocycles. The zero-order chi connectivity index (χ0) is 13.3. The SMILES string of the molecule is CNCCS(=O)(=O)NCCCOc1ccccc1. The molecule has 0 aromatic heterocycles. The van der Waals surface area contributed by atoms with Crippen LogP contribution in [0.25, 0.3) is 0 Å². The Balaban J connectivity index is 2.12. The third-order valence-electron chi connectivity index (χ3n) is 2.28. The lowest BCUT2D eigenvalue weighted by molar-refractivity contribution is 0.311. The molecule has 18 heavy (non-hydrogen) atoms. The summed E-state index contributed by atoms with van der Waals surface area (Å²) in [5, 5.41) is 2.80. The molecule has 6 heteroatoms. The molecule has 1 aromatic carbocycles. The molecular weight excluding hydrogens is 252 g/mol. The van der Waals surface area contributed by atoms with Gasteiger partial charge in [0.2, 0.25) is 10.0 Å². The molecule has 0 aliphatic heterocycles. The van der Waals surface area contributed by atoms with E-state index in [1.807, 2.05) is 30.3 Å². The Labute approximate surface area is 109 Å². The summed E-state index contributed by atoms with van der Waals surface area (Å²) in [5.41, 5.74) is 0. The predicted octanol–water partition coefficient (Wildman–Crippen LogP) is 0.594. The highest BCUT2D eigenvalue weighted by Gasteiger charge is 2.07. The number of rotatable bonds is 9. The number of benzene rings is 1. The standard InChI is InChI=1S/C12H20N2O3S/c1-13-9-11-18(15,16)14-8-5-10-17-12-6-3-2-4-7-12/h2-4,6-7,13-14H,5,8-11H2,1H3. The van der Waals surface area contributed by atoms with Crippen molar-refractivity contribution in [2.75, 3.05) is 32.5 Å². The van der Waals surface area contributed by atoms with Gasteiger partial charge in [-0.15, -0.1) is 0 Å². The fourth-order valence-electron chi connectivity index (χ4n) is 1.32. The fraction of sp³-hybridized carbons (Fsp3) is 0.500. The molecule has 0 heterocycles. The monoisotopic (exact) mass is 272 g/mol. The van der Waals surface area contributed by atoms with Gasteiger partial charge < -0.3 is 10.1 Å². The van der Waals surface area contributed by atoms with Gasteiger partial charge in [-0.3, -0.25) is 0 Å². The molecule has 0 saturated heterocycles. The van der Waals surface area contributed by atoms with E-state index in [4.69, 9.17) is 4.74 Å². The van der Waals surface area contributed by atoms with Gasteiger partial charge in [0.1, 0.15) is 5.75 Å². The highest BCUT2D eigenvalue weighted by Crippen LogP contribution is 2.07. The molecule has 0 unspecified atom stereocenters. The summed E-state index contributed by atoms with van der Waals surface area (Å²) >= 11 is 0. The van der Waals surface area contributed by atoms with E-state index in [9.17, 15) is 8.42 Å². The summed E-state index contributed by atoms with van der Waals surface area (Å²) in [4.78, 5) is 0. The lowest BCUT2D eigenvalue weighted by Crippen LogP contribution is -2.32. The molecule has 0 radical (unpaired) electrons. The molecule has 1 aromatic rings. The van der Waals surface area contributed by atoms with Crippen LogP contribution in [-0.4, -0.2) is 40.9 Å². The van der Waals surface area contributed by atoms with Crippen LogP contribution in [0.5, 0.6) is 5.75 Å². The molecule has 0 fully saturated rings. The lowest BCUT2D eigenvalue weighted by atomic mass is 10.3. The van der Waals surface area contributed by atoms with E-state index in [0.717, 1.165) is 5.75 Å². The summed E-state index contributed by atoms with van der Waals surface area (Å²) in [7, 11) is -1.43. The number of hydrogen-bond donors (Lipinski definition) is 2. The van der Waals surface area contributed by atoms with Crippen LogP contribution in [0.3, 0.4) is 0 Å². The van der Waals surface area contributed by atoms with E-state index in [0.29, 0.717) is 26.1 Å². The van der Waals surface area contributed by atoms with Crippen LogP contribution >= 0.6 is 0 Å². The van der Waals surface area contributed by atoms with Crippen molar-refractivity contribution >= 4 is 10.0 Å². The summed E-state index contributed by atoms with van der Waals surface area (Å²) in [6, 6.07) is 9.46. The Morgan fingerprint density at radius 2 is 1.89 bits per heavy atom. The van der Waals surface area contributed by atoms with Crippen molar-refractivity contribution in [2.24, 2.45) is 0 Å². The van der Waals surface area contributed by atoms with E-state index in [1.165, 1.54) is 0 Å². The Morgan fingerprint density at radius 1 is 1.17 bits per heavy atom. The van der Waals surface area contributed by atoms with Crippen molar-refractivity contribution in [1.29, 1.82) is 0 Å². The Kier molecular flexibility index (Phi) is 6.70. The number of sulfonamides is 1. The van der Waals surface area contributed by atoms with Crippen LogP contribution in [0.15, 0.2) is 30.3 Å². The first-order valence-corrected chi connectivity index (χ1v) is 7.59. The van der Waals surface area contributed by atoms with E-state index < -0.39 is 10.0 Å². The predicted molar refractivity (Wildman–Crippen MR) is 72.3 cm³/mol. The molecule has 0 spiro atoms. The van der Waals surface area contributed by atoms with Gasteiger partial charge in [-0.05, 0) is 25.6 Å². The number of para-hydroxylation sites is 1. The Hall–Kier alpha value is -1.11. The maximum atomic E-state index is 11.4. The zero-order valence-corrected chi connectivity index (χ0v) is 11.4. The summed E-state index contributed by atoms with van der Waals surface area (Å²) in [6.45, 7) is 1.35. The summed E-state index contributed by atoms with van der Waals surface area (Å²) < 4.78 is 30.8. The minimum atomic E-state index is -3.16. The second-order valence-electron chi connectivity index (χ2n) is 3.83. The highest BCUT2D eigenvalue weighted by atomic mass is 32.2. The highest BCUT2D eigenvalue weighted by molar-refractivity contribution is 7.89. The van der Waals surface area contributed by atoms with Crippen molar-refractivity contribution in [3.8, 4) is 5.75 Å². The van der Waals surface area contributed by atoms with Gasteiger partial charge in [-0.1, -0.05) is 18.2 Å². The maximum absolute atomic E-state index is 11.4. The first-order chi connectivity index (χ1) is 8.64. The van der Waals surface area contributed by atoms with Gasteiger partial charge in [0.25, 0.3) is 0 Å². The molecule has 0 atom stereocenters. The number of nitrogens with one attached hydrogen (secondary N) is 2. The van der Waals surface area contributed by atoms with E-state index in [2.05, 4.69) is 10.0 Å². The van der Waals surface area contributed by atoms with Crippen molar-refractivity contribution in [2.45, 2.75) is 6.42 Å². The Morgan fingerprint density at radius 3 is 2.56 bits per heavy atom. The molecule has 0 aliphatic carbocycles. The van der Waals surface area contributed by atoms with Gasteiger partial charge in [0, 0.05) is 13.1 Å². The minimum Gasteiger partial charge on any atom is -0.494 e. The first kappa shape index (κ1) is 14.9. The van der Waals surface area contributed by atoms with Gasteiger partial charge >= 0.3 is 0 Å². The van der Waals surface area contributed by atoms with Gasteiger partial charge in [-0.25, -0.2) is 13.1 Å². The van der Waals surface area contributed by atoms with Crippen LogP contribution in [-0.2, 0) is 10.0 Å². The topological polar surface area (TPSA) is 67.4 Å². The zero-order valence-electron chi connectivity index (χ0n) is 10.6. The average molecular weight is 272 g/mol. The maximum Gasteiger partial charge on any atom is 0.212 e. The molecule has 0 amide bonds. The Bertz CT molecular complexity index is 420. The number of hydrogen-bond acceptors (Lipinski definition) is 4. The van der Waals surface area contributed by atoms with Gasteiger partial charge in [0.05, 0.1) is 12.4 Å². The molecule has 5 nitrogen and oxygen atoms in total. The third kappa shape index (κ3) is 6.58. The van der Waals surface area contributed by atoms with E-state index in [-0.39, 0.29) is 5.75 Å². The van der Waals surface area contributed by atoms with Crippen LogP contribution in [0.2, 0.25) is 0 Å². The smallest absolute Gasteiger partial charge is 0.212 e. The average Bonchev–Trinajstić information content (AvgIpc) is 2.37. The van der Waals surface area contributed by atoms with Crippen molar-refractivity contribution in [1.82, 2.24) is 10.0 Å². The van der Waals surface area contributed by atoms with Crippen molar-refractivity contribution < 1.29 is 13.2 Å². The fourth-order valence-corrected chi connectivity index (χ4v) is 2.39.